The van der Waals surface area contributed by atoms with Crippen molar-refractivity contribution < 1.29 is 8.42 Å². The molecule has 0 amide bonds. The zero-order chi connectivity index (χ0) is 16.9. The van der Waals surface area contributed by atoms with Gasteiger partial charge in [-0.2, -0.15) is 0 Å². The molecule has 0 aliphatic heterocycles. The van der Waals surface area contributed by atoms with Crippen molar-refractivity contribution in [3.8, 4) is 10.6 Å². The zero-order valence-corrected chi connectivity index (χ0v) is 15.5. The minimum Gasteiger partial charge on any atom is -0.241 e. The lowest BCUT2D eigenvalue weighted by molar-refractivity contribution is 0.561. The monoisotopic (exact) mass is 352 g/mol. The predicted molar refractivity (Wildman–Crippen MR) is 97.2 cm³/mol. The van der Waals surface area contributed by atoms with Gasteiger partial charge in [-0.15, -0.1) is 11.3 Å². The normalized spacial score (nSPS) is 12.0. The molecule has 4 nitrogen and oxygen atoms in total. The molecule has 1 aromatic carbocycles. The Balaban J connectivity index is 1.86. The molecule has 0 fully saturated rings. The molecule has 0 spiro atoms. The van der Waals surface area contributed by atoms with Gasteiger partial charge in [0.15, 0.2) is 0 Å². The molecule has 2 rings (SSSR count). The van der Waals surface area contributed by atoms with E-state index in [1.165, 1.54) is 5.56 Å². The van der Waals surface area contributed by atoms with Gasteiger partial charge in [0.2, 0.25) is 10.0 Å². The maximum atomic E-state index is 11.9. The summed E-state index contributed by atoms with van der Waals surface area (Å²) in [5, 5.41) is 2.97. The largest absolute Gasteiger partial charge is 0.241 e. The van der Waals surface area contributed by atoms with Gasteiger partial charge in [0.25, 0.3) is 0 Å². The number of sulfonamides is 1. The van der Waals surface area contributed by atoms with E-state index in [2.05, 4.69) is 40.9 Å². The molecule has 1 N–H and O–H groups in total. The second-order valence-electron chi connectivity index (χ2n) is 6.16. The van der Waals surface area contributed by atoms with Gasteiger partial charge >= 0.3 is 0 Å². The van der Waals surface area contributed by atoms with Crippen LogP contribution in [-0.4, -0.2) is 25.7 Å². The fourth-order valence-corrected chi connectivity index (χ4v) is 4.25. The minimum atomic E-state index is -3.17. The molecule has 23 heavy (non-hydrogen) atoms. The van der Waals surface area contributed by atoms with E-state index in [-0.39, 0.29) is 5.75 Å². The van der Waals surface area contributed by atoms with Crippen LogP contribution >= 0.6 is 11.3 Å². The Morgan fingerprint density at radius 3 is 2.57 bits per heavy atom. The summed E-state index contributed by atoms with van der Waals surface area (Å²) in [6.45, 7) is 6.51. The Kier molecular flexibility index (Phi) is 6.33. The molecule has 0 saturated carbocycles. The molecule has 0 atom stereocenters. The second-order valence-corrected chi connectivity index (χ2v) is 8.94. The lowest BCUT2D eigenvalue weighted by atomic mass is 10.2. The summed E-state index contributed by atoms with van der Waals surface area (Å²) in [6.07, 6.45) is 1.30. The van der Waals surface area contributed by atoms with Crippen LogP contribution in [0.1, 0.15) is 31.5 Å². The Morgan fingerprint density at radius 2 is 1.91 bits per heavy atom. The summed E-state index contributed by atoms with van der Waals surface area (Å²) in [7, 11) is -3.17. The molecule has 0 aliphatic rings. The number of nitrogens with zero attached hydrogens (tertiary/aromatic N) is 1. The number of thiazole rings is 1. The van der Waals surface area contributed by atoms with Crippen LogP contribution in [-0.2, 0) is 16.4 Å². The third-order valence-electron chi connectivity index (χ3n) is 3.52. The van der Waals surface area contributed by atoms with Crippen LogP contribution in [0.2, 0.25) is 0 Å². The quantitative estimate of drug-likeness (QED) is 0.789. The third-order valence-corrected chi connectivity index (χ3v) is 5.87. The Hall–Kier alpha value is -1.24. The number of benzene rings is 1. The van der Waals surface area contributed by atoms with E-state index in [1.807, 2.05) is 19.2 Å². The fourth-order valence-electron chi connectivity index (χ4n) is 2.05. The molecule has 0 saturated heterocycles. The van der Waals surface area contributed by atoms with Gasteiger partial charge in [0.05, 0.1) is 11.4 Å². The third kappa shape index (κ3) is 6.05. The summed E-state index contributed by atoms with van der Waals surface area (Å²) in [4.78, 5) is 4.59. The van der Waals surface area contributed by atoms with E-state index >= 15 is 0 Å². The van der Waals surface area contributed by atoms with Crippen molar-refractivity contribution in [1.29, 1.82) is 0 Å². The van der Waals surface area contributed by atoms with Crippen molar-refractivity contribution in [2.24, 2.45) is 5.92 Å². The van der Waals surface area contributed by atoms with Gasteiger partial charge in [-0.05, 0) is 19.3 Å². The van der Waals surface area contributed by atoms with E-state index in [0.29, 0.717) is 25.3 Å². The Bertz CT molecular complexity index is 719. The molecular weight excluding hydrogens is 328 g/mol. The van der Waals surface area contributed by atoms with Gasteiger partial charge < -0.3 is 0 Å². The van der Waals surface area contributed by atoms with E-state index in [4.69, 9.17) is 0 Å². The van der Waals surface area contributed by atoms with Gasteiger partial charge in [-0.1, -0.05) is 43.7 Å². The van der Waals surface area contributed by atoms with Crippen LogP contribution < -0.4 is 4.72 Å². The van der Waals surface area contributed by atoms with Gasteiger partial charge in [-0.25, -0.2) is 18.1 Å². The van der Waals surface area contributed by atoms with Crippen LogP contribution in [0.5, 0.6) is 0 Å². The Labute approximate surface area is 143 Å². The van der Waals surface area contributed by atoms with E-state index in [0.717, 1.165) is 16.3 Å². The first-order chi connectivity index (χ1) is 10.9. The van der Waals surface area contributed by atoms with Crippen LogP contribution in [0.3, 0.4) is 0 Å². The second kappa shape index (κ2) is 8.04. The molecule has 6 heteroatoms. The summed E-state index contributed by atoms with van der Waals surface area (Å²) in [6, 6.07) is 8.26. The van der Waals surface area contributed by atoms with Crippen LogP contribution in [0.15, 0.2) is 29.6 Å². The predicted octanol–water partition coefficient (Wildman–Crippen LogP) is 3.63. The molecule has 1 aromatic heterocycles. The van der Waals surface area contributed by atoms with Gasteiger partial charge in [0, 0.05) is 23.9 Å². The molecule has 2 aromatic rings. The average Bonchev–Trinajstić information content (AvgIpc) is 2.95. The highest BCUT2D eigenvalue weighted by Crippen LogP contribution is 2.24. The first kappa shape index (κ1) is 18.1. The highest BCUT2D eigenvalue weighted by Gasteiger charge is 2.11. The first-order valence-electron chi connectivity index (χ1n) is 7.84. The van der Waals surface area contributed by atoms with Gasteiger partial charge in [0.1, 0.15) is 5.01 Å². The number of nitrogens with one attached hydrogen (secondary N) is 1. The first-order valence-corrected chi connectivity index (χ1v) is 10.4. The molecule has 0 unspecified atom stereocenters. The Morgan fingerprint density at radius 1 is 1.22 bits per heavy atom. The lowest BCUT2D eigenvalue weighted by Crippen LogP contribution is -2.29. The number of hydrogen-bond donors (Lipinski definition) is 1. The highest BCUT2D eigenvalue weighted by molar-refractivity contribution is 7.89. The minimum absolute atomic E-state index is 0.191. The number of aromatic nitrogens is 1. The van der Waals surface area contributed by atoms with Crippen LogP contribution in [0, 0.1) is 12.8 Å². The van der Waals surface area contributed by atoms with Crippen molar-refractivity contribution in [1.82, 2.24) is 9.71 Å². The molecule has 0 aliphatic carbocycles. The summed E-state index contributed by atoms with van der Waals surface area (Å²) < 4.78 is 26.4. The van der Waals surface area contributed by atoms with E-state index < -0.39 is 10.0 Å². The standard InChI is InChI=1S/C17H24N2O2S2/c1-13(2)9-11-23(20,21)18-10-8-16-12-22-17(19-16)15-6-4-14(3)5-7-15/h4-7,12-13,18H,8-11H2,1-3H3. The summed E-state index contributed by atoms with van der Waals surface area (Å²) in [5.41, 5.74) is 3.25. The van der Waals surface area contributed by atoms with Crippen LogP contribution in [0.25, 0.3) is 10.6 Å². The van der Waals surface area contributed by atoms with Crippen molar-refractivity contribution in [2.75, 3.05) is 12.3 Å². The van der Waals surface area contributed by atoms with Gasteiger partial charge in [-0.3, -0.25) is 0 Å². The summed E-state index contributed by atoms with van der Waals surface area (Å²) >= 11 is 1.59. The summed E-state index contributed by atoms with van der Waals surface area (Å²) in [5.74, 6) is 0.582. The molecule has 1 heterocycles. The fraction of sp³-hybridized carbons (Fsp3) is 0.471. The highest BCUT2D eigenvalue weighted by atomic mass is 32.2. The number of rotatable bonds is 8. The average molecular weight is 353 g/mol. The lowest BCUT2D eigenvalue weighted by Gasteiger charge is -2.07. The van der Waals surface area contributed by atoms with Crippen molar-refractivity contribution >= 4 is 21.4 Å². The van der Waals surface area contributed by atoms with Crippen molar-refractivity contribution in [3.63, 3.8) is 0 Å². The SMILES string of the molecule is Cc1ccc(-c2nc(CCNS(=O)(=O)CCC(C)C)cs2)cc1. The maximum absolute atomic E-state index is 11.9. The maximum Gasteiger partial charge on any atom is 0.211 e. The zero-order valence-electron chi connectivity index (χ0n) is 13.9. The van der Waals surface area contributed by atoms with E-state index in [1.54, 1.807) is 11.3 Å². The molecule has 0 radical (unpaired) electrons. The van der Waals surface area contributed by atoms with Crippen molar-refractivity contribution in [2.45, 2.75) is 33.6 Å². The van der Waals surface area contributed by atoms with Crippen molar-refractivity contribution in [3.05, 3.63) is 40.9 Å². The molecular formula is C17H24N2O2S2. The number of aryl methyl sites for hydroxylation is 1. The molecule has 0 bridgehead atoms. The number of hydrogen-bond acceptors (Lipinski definition) is 4. The van der Waals surface area contributed by atoms with Crippen LogP contribution in [0.4, 0.5) is 0 Å². The van der Waals surface area contributed by atoms with E-state index in [9.17, 15) is 8.42 Å². The molecule has 126 valence electrons. The smallest absolute Gasteiger partial charge is 0.211 e. The topological polar surface area (TPSA) is 59.1 Å².